The van der Waals surface area contributed by atoms with Gasteiger partial charge in [0.2, 0.25) is 0 Å². The second-order valence-corrected chi connectivity index (χ2v) is 12.1. The molecule has 1 atom stereocenters. The summed E-state index contributed by atoms with van der Waals surface area (Å²) in [5, 5.41) is 1.82. The average molecular weight is 646 g/mol. The van der Waals surface area contributed by atoms with Crippen molar-refractivity contribution in [2.75, 3.05) is 32.1 Å². The molecule has 2 amide bonds. The molecular weight excluding hydrogens is 616 g/mol. The lowest BCUT2D eigenvalue weighted by Crippen LogP contribution is -2.43. The highest BCUT2D eigenvalue weighted by Crippen LogP contribution is 2.41. The Morgan fingerprint density at radius 3 is 2.55 bits per heavy atom. The number of aromatic nitrogens is 1. The number of halogens is 1. The number of carbonyl (C=O) groups is 2. The van der Waals surface area contributed by atoms with Gasteiger partial charge in [-0.1, -0.05) is 57.6 Å². The van der Waals surface area contributed by atoms with Gasteiger partial charge >= 0.3 is 0 Å². The number of hydrogen-bond donors (Lipinski definition) is 0. The molecule has 0 spiro atoms. The Balaban J connectivity index is 1.74. The van der Waals surface area contributed by atoms with Crippen molar-refractivity contribution in [3.63, 3.8) is 0 Å². The van der Waals surface area contributed by atoms with Crippen molar-refractivity contribution in [2.45, 2.75) is 26.8 Å². The van der Waals surface area contributed by atoms with Crippen LogP contribution in [-0.4, -0.2) is 48.5 Å². The van der Waals surface area contributed by atoms with Crippen LogP contribution in [0.25, 0.3) is 16.3 Å². The Morgan fingerprint density at radius 1 is 1.10 bits per heavy atom. The van der Waals surface area contributed by atoms with Gasteiger partial charge in [-0.05, 0) is 55.8 Å². The minimum Gasteiger partial charge on any atom is -0.496 e. The monoisotopic (exact) mass is 644 g/mol. The molecule has 3 heterocycles. The van der Waals surface area contributed by atoms with E-state index in [1.54, 1.807) is 28.5 Å². The number of ether oxygens (including phenoxy) is 1. The third kappa shape index (κ3) is 4.15. The first-order chi connectivity index (χ1) is 20.2. The predicted octanol–water partition coefficient (Wildman–Crippen LogP) is 4.37. The van der Waals surface area contributed by atoms with Gasteiger partial charge in [-0.3, -0.25) is 19.0 Å². The summed E-state index contributed by atoms with van der Waals surface area (Å²) in [6, 6.07) is 16.5. The normalized spacial score (nSPS) is 17.3. The minimum absolute atomic E-state index is 0.190. The van der Waals surface area contributed by atoms with E-state index >= 15 is 0 Å². The molecule has 8 nitrogen and oxygen atoms in total. The first kappa shape index (κ1) is 28.1. The van der Waals surface area contributed by atoms with Crippen LogP contribution in [0.3, 0.4) is 0 Å². The maximum absolute atomic E-state index is 14.6. The molecular formula is C32H29BrN4O4S. The van der Waals surface area contributed by atoms with Crippen LogP contribution in [0.2, 0.25) is 0 Å². The van der Waals surface area contributed by atoms with Crippen LogP contribution in [0.15, 0.2) is 80.1 Å². The van der Waals surface area contributed by atoms with Crippen molar-refractivity contribution in [1.29, 1.82) is 0 Å². The van der Waals surface area contributed by atoms with Crippen molar-refractivity contribution in [2.24, 2.45) is 4.99 Å². The highest BCUT2D eigenvalue weighted by atomic mass is 79.9. The van der Waals surface area contributed by atoms with Gasteiger partial charge in [0, 0.05) is 35.7 Å². The molecule has 2 aliphatic rings. The summed E-state index contributed by atoms with van der Waals surface area (Å²) in [6.45, 7) is 6.68. The molecule has 0 fully saturated rings. The summed E-state index contributed by atoms with van der Waals surface area (Å²) in [5.74, 6) is 0.107. The third-order valence-corrected chi connectivity index (χ3v) is 9.58. The van der Waals surface area contributed by atoms with E-state index in [1.807, 2.05) is 75.4 Å². The molecule has 2 aliphatic heterocycles. The van der Waals surface area contributed by atoms with E-state index in [0.717, 1.165) is 20.9 Å². The molecule has 0 radical (unpaired) electrons. The highest BCUT2D eigenvalue weighted by Gasteiger charge is 2.38. The first-order valence-corrected chi connectivity index (χ1v) is 15.3. The third-order valence-electron chi connectivity index (χ3n) is 8.04. The maximum atomic E-state index is 14.6. The zero-order valence-corrected chi connectivity index (χ0v) is 26.3. The largest absolute Gasteiger partial charge is 0.496 e. The number of rotatable bonds is 5. The van der Waals surface area contributed by atoms with E-state index in [-0.39, 0.29) is 21.9 Å². The quantitative estimate of drug-likeness (QED) is 0.323. The Morgan fingerprint density at radius 2 is 1.83 bits per heavy atom. The second-order valence-electron chi connectivity index (χ2n) is 10.2. The lowest BCUT2D eigenvalue weighted by Gasteiger charge is -2.30. The fraction of sp³-hybridized carbons (Fsp3) is 0.250. The van der Waals surface area contributed by atoms with Crippen LogP contribution in [0.4, 0.5) is 5.69 Å². The maximum Gasteiger partial charge on any atom is 0.271 e. The summed E-state index contributed by atoms with van der Waals surface area (Å²) >= 11 is 4.69. The molecule has 6 rings (SSSR count). The smallest absolute Gasteiger partial charge is 0.271 e. The summed E-state index contributed by atoms with van der Waals surface area (Å²) in [7, 11) is 3.29. The van der Waals surface area contributed by atoms with E-state index in [1.165, 1.54) is 11.3 Å². The number of anilines is 1. The summed E-state index contributed by atoms with van der Waals surface area (Å²) in [4.78, 5) is 50.8. The second kappa shape index (κ2) is 10.7. The number of thiazole rings is 1. The number of benzene rings is 3. The number of hydrogen-bond acceptors (Lipinski definition) is 6. The van der Waals surface area contributed by atoms with E-state index < -0.39 is 6.04 Å². The van der Waals surface area contributed by atoms with Gasteiger partial charge in [-0.2, -0.15) is 0 Å². The van der Waals surface area contributed by atoms with Crippen molar-refractivity contribution < 1.29 is 14.3 Å². The molecule has 0 saturated heterocycles. The van der Waals surface area contributed by atoms with Crippen LogP contribution < -0.4 is 24.5 Å². The van der Waals surface area contributed by atoms with Crippen LogP contribution in [0, 0.1) is 0 Å². The summed E-state index contributed by atoms with van der Waals surface area (Å²) < 4.78 is 8.54. The molecule has 0 aliphatic carbocycles. The van der Waals surface area contributed by atoms with Gasteiger partial charge < -0.3 is 14.5 Å². The van der Waals surface area contributed by atoms with Crippen LogP contribution >= 0.6 is 27.3 Å². The van der Waals surface area contributed by atoms with Crippen LogP contribution in [-0.2, 0) is 9.59 Å². The fourth-order valence-electron chi connectivity index (χ4n) is 5.95. The Kier molecular flexibility index (Phi) is 7.14. The zero-order chi connectivity index (χ0) is 29.9. The molecule has 0 bridgehead atoms. The number of amides is 2. The number of methoxy groups -OCH3 is 1. The lowest BCUT2D eigenvalue weighted by atomic mass is 9.90. The van der Waals surface area contributed by atoms with E-state index in [0.29, 0.717) is 51.6 Å². The molecule has 0 saturated carbocycles. The van der Waals surface area contributed by atoms with Gasteiger partial charge in [0.25, 0.3) is 17.4 Å². The number of allylic oxidation sites excluding steroid dienone is 1. The zero-order valence-electron chi connectivity index (χ0n) is 23.9. The minimum atomic E-state index is -0.819. The van der Waals surface area contributed by atoms with Crippen LogP contribution in [0.1, 0.15) is 37.9 Å². The molecule has 0 N–H and O–H groups in total. The van der Waals surface area contributed by atoms with Gasteiger partial charge in [-0.15, -0.1) is 0 Å². The van der Waals surface area contributed by atoms with Crippen LogP contribution in [0.5, 0.6) is 5.75 Å². The SMILES string of the molecule is CCN(CC)C(=O)C1=C(C)N=c2s/c(=C3/C(=O)N(C)c4ccc(Br)cc43)c(=O)n2[C@@H]1c1c(OC)ccc2ccccc12. The van der Waals surface area contributed by atoms with Gasteiger partial charge in [0.1, 0.15) is 16.3 Å². The van der Waals surface area contributed by atoms with Crippen molar-refractivity contribution >= 4 is 61.1 Å². The lowest BCUT2D eigenvalue weighted by molar-refractivity contribution is -0.127. The molecule has 42 heavy (non-hydrogen) atoms. The van der Waals surface area contributed by atoms with E-state index in [4.69, 9.17) is 9.73 Å². The standard InChI is InChI=1S/C32H29BrN4O4S/c1-6-36(7-2)30(39)24-17(3)34-32-37(27(24)25-20-11-9-8-10-18(20)12-15-23(25)41-5)31(40)28(42-32)26-21-16-19(33)13-14-22(21)35(4)29(26)38/h8-16,27H,6-7H2,1-5H3/b28-26+/t27-/m0/s1. The molecule has 10 heteroatoms. The topological polar surface area (TPSA) is 84.2 Å². The summed E-state index contributed by atoms with van der Waals surface area (Å²) in [6.07, 6.45) is 0. The predicted molar refractivity (Wildman–Crippen MR) is 169 cm³/mol. The van der Waals surface area contributed by atoms with Crippen molar-refractivity contribution in [1.82, 2.24) is 9.47 Å². The highest BCUT2D eigenvalue weighted by molar-refractivity contribution is 9.10. The fourth-order valence-corrected chi connectivity index (χ4v) is 7.45. The molecule has 0 unspecified atom stereocenters. The van der Waals surface area contributed by atoms with Crippen molar-refractivity contribution in [3.8, 4) is 5.75 Å². The van der Waals surface area contributed by atoms with Gasteiger partial charge in [-0.25, -0.2) is 4.99 Å². The Hall–Kier alpha value is -4.02. The van der Waals surface area contributed by atoms with Gasteiger partial charge in [0.05, 0.1) is 29.6 Å². The Labute approximate surface area is 255 Å². The summed E-state index contributed by atoms with van der Waals surface area (Å²) in [5.41, 5.74) is 3.01. The van der Waals surface area contributed by atoms with E-state index in [9.17, 15) is 14.4 Å². The average Bonchev–Trinajstić information content (AvgIpc) is 3.43. The molecule has 1 aromatic heterocycles. The first-order valence-electron chi connectivity index (χ1n) is 13.7. The number of fused-ring (bicyclic) bond motifs is 3. The Bertz CT molecular complexity index is 2020. The molecule has 214 valence electrons. The number of nitrogens with zero attached hydrogens (tertiary/aromatic N) is 4. The molecule has 4 aromatic rings. The van der Waals surface area contributed by atoms with E-state index in [2.05, 4.69) is 15.9 Å². The number of carbonyl (C=O) groups excluding carboxylic acids is 2. The number of likely N-dealkylation sites (N-methyl/N-ethyl adjacent to an activating group) is 2. The van der Waals surface area contributed by atoms with Crippen molar-refractivity contribution in [3.05, 3.63) is 101 Å². The van der Waals surface area contributed by atoms with Gasteiger partial charge in [0.15, 0.2) is 4.80 Å². The molecule has 3 aromatic carbocycles.